The van der Waals surface area contributed by atoms with Gasteiger partial charge in [-0.1, -0.05) is 37.1 Å². The monoisotopic (exact) mass is 327 g/mol. The Morgan fingerprint density at radius 3 is 2.58 bits per heavy atom. The van der Waals surface area contributed by atoms with Crippen LogP contribution in [0.15, 0.2) is 24.3 Å². The quantitative estimate of drug-likeness (QED) is 0.787. The van der Waals surface area contributed by atoms with Crippen LogP contribution < -0.4 is 16.2 Å². The summed E-state index contributed by atoms with van der Waals surface area (Å²) in [6.07, 6.45) is 6.55. The number of carbonyl (C=O) groups is 2. The third-order valence-corrected chi connectivity index (χ3v) is 5.88. The molecule has 1 saturated carbocycles. The molecule has 1 saturated heterocycles. The van der Waals surface area contributed by atoms with Crippen LogP contribution in [0.5, 0.6) is 0 Å². The molecule has 0 bridgehead atoms. The van der Waals surface area contributed by atoms with E-state index in [2.05, 4.69) is 40.4 Å². The maximum absolute atomic E-state index is 12.5. The van der Waals surface area contributed by atoms with Gasteiger partial charge in [0.15, 0.2) is 0 Å². The first-order valence-corrected chi connectivity index (χ1v) is 9.12. The van der Waals surface area contributed by atoms with Crippen molar-refractivity contribution in [2.75, 3.05) is 0 Å². The number of nitrogens with one attached hydrogen (secondary N) is 3. The number of rotatable bonds is 3. The first-order valence-electron chi connectivity index (χ1n) is 9.12. The van der Waals surface area contributed by atoms with Gasteiger partial charge in [0.1, 0.15) is 0 Å². The maximum Gasteiger partial charge on any atom is 0.237 e. The standard InChI is InChI=1S/C19H25N3O2/c23-18(20-14-9-12-5-1-2-6-13(12)10-14)11-17-15-7-3-4-8-16(15)19(24)22-21-17/h1-2,5-6,14-17,21H,3-4,7-11H2,(H,20,23)(H,22,24). The highest BCUT2D eigenvalue weighted by Crippen LogP contribution is 2.35. The highest BCUT2D eigenvalue weighted by atomic mass is 16.2. The lowest BCUT2D eigenvalue weighted by Crippen LogP contribution is -2.60. The van der Waals surface area contributed by atoms with Gasteiger partial charge in [0.25, 0.3) is 0 Å². The number of hydrogen-bond acceptors (Lipinski definition) is 3. The molecule has 3 aliphatic rings. The van der Waals surface area contributed by atoms with Gasteiger partial charge in [-0.25, -0.2) is 5.43 Å². The van der Waals surface area contributed by atoms with E-state index in [9.17, 15) is 9.59 Å². The lowest BCUT2D eigenvalue weighted by atomic mass is 9.73. The van der Waals surface area contributed by atoms with E-state index in [1.807, 2.05) is 0 Å². The van der Waals surface area contributed by atoms with Gasteiger partial charge < -0.3 is 5.32 Å². The number of hydrazine groups is 1. The molecule has 24 heavy (non-hydrogen) atoms. The fraction of sp³-hybridized carbons (Fsp3) is 0.579. The Hall–Kier alpha value is -1.88. The minimum atomic E-state index is 0.0526. The van der Waals surface area contributed by atoms with Gasteiger partial charge in [0.05, 0.1) is 0 Å². The Bertz CT molecular complexity index is 620. The fourth-order valence-electron chi connectivity index (χ4n) is 4.68. The maximum atomic E-state index is 12.5. The molecule has 0 radical (unpaired) electrons. The molecule has 1 aromatic rings. The van der Waals surface area contributed by atoms with Crippen LogP contribution in [0.25, 0.3) is 0 Å². The van der Waals surface area contributed by atoms with E-state index < -0.39 is 0 Å². The molecule has 3 N–H and O–H groups in total. The van der Waals surface area contributed by atoms with Crippen molar-refractivity contribution in [1.82, 2.24) is 16.2 Å². The predicted octanol–water partition coefficient (Wildman–Crippen LogP) is 1.47. The largest absolute Gasteiger partial charge is 0.353 e. The number of hydrogen-bond donors (Lipinski definition) is 3. The van der Waals surface area contributed by atoms with Crippen LogP contribution in [-0.2, 0) is 22.4 Å². The summed E-state index contributed by atoms with van der Waals surface area (Å²) in [5.74, 6) is 0.556. The molecule has 2 fully saturated rings. The average molecular weight is 327 g/mol. The number of carbonyl (C=O) groups excluding carboxylic acids is 2. The molecule has 0 spiro atoms. The van der Waals surface area contributed by atoms with Crippen LogP contribution in [0.2, 0.25) is 0 Å². The lowest BCUT2D eigenvalue weighted by molar-refractivity contribution is -0.135. The van der Waals surface area contributed by atoms with Crippen LogP contribution in [-0.4, -0.2) is 23.9 Å². The molecule has 1 heterocycles. The fourth-order valence-corrected chi connectivity index (χ4v) is 4.68. The van der Waals surface area contributed by atoms with Gasteiger partial charge >= 0.3 is 0 Å². The van der Waals surface area contributed by atoms with Gasteiger partial charge in [0.2, 0.25) is 11.8 Å². The Balaban J connectivity index is 1.34. The molecule has 2 amide bonds. The second-order valence-corrected chi connectivity index (χ2v) is 7.44. The summed E-state index contributed by atoms with van der Waals surface area (Å²) in [7, 11) is 0. The first kappa shape index (κ1) is 15.6. The molecule has 1 aromatic carbocycles. The van der Waals surface area contributed by atoms with Gasteiger partial charge in [-0.15, -0.1) is 0 Å². The molecule has 5 heteroatoms. The molecule has 3 unspecified atom stereocenters. The van der Waals surface area contributed by atoms with Crippen molar-refractivity contribution >= 4 is 11.8 Å². The molecule has 4 rings (SSSR count). The highest BCUT2D eigenvalue weighted by Gasteiger charge is 2.40. The normalized spacial score (nSPS) is 29.5. The van der Waals surface area contributed by atoms with E-state index in [1.54, 1.807) is 0 Å². The SMILES string of the molecule is O=C(CC1NNC(=O)C2CCCCC12)NC1Cc2ccccc2C1. The zero-order chi connectivity index (χ0) is 16.5. The van der Waals surface area contributed by atoms with Crippen LogP contribution >= 0.6 is 0 Å². The molecule has 3 atom stereocenters. The second-order valence-electron chi connectivity index (χ2n) is 7.44. The average Bonchev–Trinajstić information content (AvgIpc) is 3.00. The minimum absolute atomic E-state index is 0.0526. The summed E-state index contributed by atoms with van der Waals surface area (Å²) in [5.41, 5.74) is 8.55. The van der Waals surface area contributed by atoms with Crippen LogP contribution in [0.3, 0.4) is 0 Å². The summed E-state index contributed by atoms with van der Waals surface area (Å²) in [4.78, 5) is 24.5. The van der Waals surface area contributed by atoms with E-state index in [0.717, 1.165) is 38.5 Å². The molecular formula is C19H25N3O2. The Morgan fingerprint density at radius 2 is 1.83 bits per heavy atom. The van der Waals surface area contributed by atoms with Crippen molar-refractivity contribution in [2.45, 2.75) is 57.0 Å². The molecule has 128 valence electrons. The van der Waals surface area contributed by atoms with Gasteiger partial charge in [-0.05, 0) is 42.7 Å². The first-order chi connectivity index (χ1) is 11.7. The molecule has 2 aliphatic carbocycles. The highest BCUT2D eigenvalue weighted by molar-refractivity contribution is 5.81. The van der Waals surface area contributed by atoms with Crippen LogP contribution in [0.4, 0.5) is 0 Å². The molecule has 5 nitrogen and oxygen atoms in total. The van der Waals surface area contributed by atoms with E-state index in [4.69, 9.17) is 0 Å². The third kappa shape index (κ3) is 3.05. The second kappa shape index (κ2) is 6.55. The van der Waals surface area contributed by atoms with Crippen molar-refractivity contribution in [2.24, 2.45) is 11.8 Å². The Kier molecular flexibility index (Phi) is 4.27. The van der Waals surface area contributed by atoms with Crippen molar-refractivity contribution < 1.29 is 9.59 Å². The van der Waals surface area contributed by atoms with Gasteiger partial charge in [-0.3, -0.25) is 15.0 Å². The zero-order valence-electron chi connectivity index (χ0n) is 13.9. The minimum Gasteiger partial charge on any atom is -0.353 e. The van der Waals surface area contributed by atoms with Crippen molar-refractivity contribution in [3.05, 3.63) is 35.4 Å². The smallest absolute Gasteiger partial charge is 0.237 e. The summed E-state index contributed by atoms with van der Waals surface area (Å²) in [6, 6.07) is 8.66. The lowest BCUT2D eigenvalue weighted by Gasteiger charge is -2.41. The predicted molar refractivity (Wildman–Crippen MR) is 90.9 cm³/mol. The van der Waals surface area contributed by atoms with Gasteiger partial charge in [-0.2, -0.15) is 0 Å². The van der Waals surface area contributed by atoms with Crippen molar-refractivity contribution in [1.29, 1.82) is 0 Å². The molecule has 0 aromatic heterocycles. The Morgan fingerprint density at radius 1 is 1.12 bits per heavy atom. The summed E-state index contributed by atoms with van der Waals surface area (Å²) in [6.45, 7) is 0. The third-order valence-electron chi connectivity index (χ3n) is 5.88. The van der Waals surface area contributed by atoms with E-state index in [-0.39, 0.29) is 29.8 Å². The van der Waals surface area contributed by atoms with E-state index in [1.165, 1.54) is 11.1 Å². The number of benzene rings is 1. The summed E-state index contributed by atoms with van der Waals surface area (Å²) in [5, 5.41) is 3.19. The molecule has 1 aliphatic heterocycles. The Labute approximate surface area is 142 Å². The van der Waals surface area contributed by atoms with Gasteiger partial charge in [0, 0.05) is 24.4 Å². The van der Waals surface area contributed by atoms with Crippen LogP contribution in [0, 0.1) is 11.8 Å². The summed E-state index contributed by atoms with van der Waals surface area (Å²) < 4.78 is 0. The van der Waals surface area contributed by atoms with E-state index >= 15 is 0 Å². The van der Waals surface area contributed by atoms with Crippen molar-refractivity contribution in [3.8, 4) is 0 Å². The topological polar surface area (TPSA) is 70.2 Å². The number of fused-ring (bicyclic) bond motifs is 2. The van der Waals surface area contributed by atoms with E-state index in [0.29, 0.717) is 12.3 Å². The number of amides is 2. The van der Waals surface area contributed by atoms with Crippen LogP contribution in [0.1, 0.15) is 43.2 Å². The zero-order valence-corrected chi connectivity index (χ0v) is 13.9. The molecular weight excluding hydrogens is 302 g/mol. The summed E-state index contributed by atoms with van der Waals surface area (Å²) >= 11 is 0. The van der Waals surface area contributed by atoms with Crippen molar-refractivity contribution in [3.63, 3.8) is 0 Å².